The van der Waals surface area contributed by atoms with Gasteiger partial charge in [-0.2, -0.15) is 0 Å². The lowest BCUT2D eigenvalue weighted by Crippen LogP contribution is -2.50. The maximum Gasteiger partial charge on any atom is 0.152 e. The van der Waals surface area contributed by atoms with E-state index in [-0.39, 0.29) is 5.54 Å². The van der Waals surface area contributed by atoms with E-state index in [9.17, 15) is 5.11 Å². The van der Waals surface area contributed by atoms with E-state index in [2.05, 4.69) is 25.2 Å². The zero-order chi connectivity index (χ0) is 16.1. The molecule has 0 aliphatic carbocycles. The quantitative estimate of drug-likeness (QED) is 0.802. The third-order valence-corrected chi connectivity index (χ3v) is 7.72. The van der Waals surface area contributed by atoms with Gasteiger partial charge in [0.15, 0.2) is 5.60 Å². The fourth-order valence-corrected chi connectivity index (χ4v) is 5.84. The monoisotopic (exact) mass is 345 g/mol. The molecule has 2 aliphatic rings. The number of nitrogens with one attached hydrogen (secondary N) is 1. The molecule has 2 aromatic heterocycles. The van der Waals surface area contributed by atoms with Crippen molar-refractivity contribution < 1.29 is 5.11 Å². The SMILES string of the molecule is CC1C(=CC(O)(c2cccs2)c2cccs2)CC2CCC1(C)N2. The van der Waals surface area contributed by atoms with Gasteiger partial charge in [-0.25, -0.2) is 0 Å². The van der Waals surface area contributed by atoms with E-state index in [1.54, 1.807) is 22.7 Å². The fraction of sp³-hybridized carbons (Fsp3) is 0.474. The Kier molecular flexibility index (Phi) is 3.76. The van der Waals surface area contributed by atoms with Crippen LogP contribution in [0.25, 0.3) is 0 Å². The molecule has 0 saturated carbocycles. The topological polar surface area (TPSA) is 32.3 Å². The third kappa shape index (κ3) is 2.52. The van der Waals surface area contributed by atoms with Crippen molar-refractivity contribution in [2.24, 2.45) is 5.92 Å². The van der Waals surface area contributed by atoms with Gasteiger partial charge in [-0.3, -0.25) is 0 Å². The highest BCUT2D eigenvalue weighted by Gasteiger charge is 2.46. The van der Waals surface area contributed by atoms with Gasteiger partial charge >= 0.3 is 0 Å². The Morgan fingerprint density at radius 1 is 1.26 bits per heavy atom. The fourth-order valence-electron chi connectivity index (χ4n) is 4.16. The lowest BCUT2D eigenvalue weighted by molar-refractivity contribution is 0.138. The summed E-state index contributed by atoms with van der Waals surface area (Å²) < 4.78 is 0. The highest BCUT2D eigenvalue weighted by molar-refractivity contribution is 7.11. The first-order valence-electron chi connectivity index (χ1n) is 8.31. The highest BCUT2D eigenvalue weighted by atomic mass is 32.1. The molecule has 4 heterocycles. The lowest BCUT2D eigenvalue weighted by Gasteiger charge is -2.40. The Balaban J connectivity index is 1.79. The van der Waals surface area contributed by atoms with Gasteiger partial charge in [-0.05, 0) is 61.1 Å². The van der Waals surface area contributed by atoms with Crippen molar-refractivity contribution in [1.82, 2.24) is 5.32 Å². The predicted octanol–water partition coefficient (Wildman–Crippen LogP) is 4.52. The predicted molar refractivity (Wildman–Crippen MR) is 98.1 cm³/mol. The van der Waals surface area contributed by atoms with Crippen molar-refractivity contribution in [3.8, 4) is 0 Å². The van der Waals surface area contributed by atoms with Gasteiger partial charge in [0.25, 0.3) is 0 Å². The summed E-state index contributed by atoms with van der Waals surface area (Å²) in [5, 5.41) is 19.5. The van der Waals surface area contributed by atoms with Crippen LogP contribution in [0.1, 0.15) is 42.9 Å². The number of piperidine rings is 1. The maximum atomic E-state index is 11.6. The standard InChI is InChI=1S/C19H23NOS2/c1-13-14(11-15-7-8-18(13,2)20-15)12-19(21,16-5-3-9-22-16)17-6-4-10-23-17/h3-6,9-10,12-13,15,20-21H,7-8,11H2,1-2H3. The van der Waals surface area contributed by atoms with Crippen LogP contribution in [-0.4, -0.2) is 16.7 Å². The molecule has 4 rings (SSSR count). The average Bonchev–Trinajstić information content (AvgIpc) is 3.27. The molecule has 2 fully saturated rings. The van der Waals surface area contributed by atoms with Crippen LogP contribution >= 0.6 is 22.7 Å². The molecule has 3 atom stereocenters. The molecule has 2 saturated heterocycles. The molecule has 23 heavy (non-hydrogen) atoms. The molecule has 2 aromatic rings. The number of thiophene rings is 2. The summed E-state index contributed by atoms with van der Waals surface area (Å²) >= 11 is 3.26. The van der Waals surface area contributed by atoms with Crippen LogP contribution in [0.5, 0.6) is 0 Å². The first-order valence-corrected chi connectivity index (χ1v) is 10.1. The van der Waals surface area contributed by atoms with Crippen LogP contribution in [0, 0.1) is 5.92 Å². The second kappa shape index (κ2) is 5.55. The zero-order valence-electron chi connectivity index (χ0n) is 13.6. The third-order valence-electron chi connectivity index (χ3n) is 5.73. The van der Waals surface area contributed by atoms with E-state index in [1.165, 1.54) is 18.4 Å². The van der Waals surface area contributed by atoms with Gasteiger partial charge in [0, 0.05) is 21.3 Å². The molecular formula is C19H23NOS2. The summed E-state index contributed by atoms with van der Waals surface area (Å²) in [7, 11) is 0. The highest BCUT2D eigenvalue weighted by Crippen LogP contribution is 2.46. The Bertz CT molecular complexity index is 670. The average molecular weight is 346 g/mol. The Hall–Kier alpha value is -0.940. The molecule has 2 N–H and O–H groups in total. The van der Waals surface area contributed by atoms with E-state index in [0.29, 0.717) is 12.0 Å². The van der Waals surface area contributed by atoms with Crippen LogP contribution < -0.4 is 5.32 Å². The van der Waals surface area contributed by atoms with Crippen LogP contribution in [0.3, 0.4) is 0 Å². The normalized spacial score (nSPS) is 32.6. The van der Waals surface area contributed by atoms with Crippen LogP contribution in [-0.2, 0) is 5.60 Å². The van der Waals surface area contributed by atoms with Gasteiger partial charge in [-0.1, -0.05) is 24.6 Å². The van der Waals surface area contributed by atoms with Crippen molar-refractivity contribution in [3.63, 3.8) is 0 Å². The van der Waals surface area contributed by atoms with E-state index >= 15 is 0 Å². The molecular weight excluding hydrogens is 322 g/mol. The van der Waals surface area contributed by atoms with Crippen LogP contribution in [0.4, 0.5) is 0 Å². The molecule has 2 nitrogen and oxygen atoms in total. The molecule has 0 spiro atoms. The van der Waals surface area contributed by atoms with E-state index in [4.69, 9.17) is 0 Å². The summed E-state index contributed by atoms with van der Waals surface area (Å²) in [6, 6.07) is 8.70. The maximum absolute atomic E-state index is 11.6. The van der Waals surface area contributed by atoms with Crippen molar-refractivity contribution in [2.75, 3.05) is 0 Å². The van der Waals surface area contributed by atoms with Crippen molar-refractivity contribution >= 4 is 22.7 Å². The molecule has 2 bridgehead atoms. The van der Waals surface area contributed by atoms with Gasteiger partial charge in [0.05, 0.1) is 0 Å². The van der Waals surface area contributed by atoms with Crippen molar-refractivity contribution in [3.05, 3.63) is 56.4 Å². The lowest BCUT2D eigenvalue weighted by atomic mass is 9.76. The number of rotatable bonds is 3. The summed E-state index contributed by atoms with van der Waals surface area (Å²) in [5.74, 6) is 0.452. The summed E-state index contributed by atoms with van der Waals surface area (Å²) in [6.07, 6.45) is 5.68. The molecule has 4 heteroatoms. The second-order valence-electron chi connectivity index (χ2n) is 7.16. The Morgan fingerprint density at radius 3 is 2.48 bits per heavy atom. The molecule has 122 valence electrons. The first kappa shape index (κ1) is 15.6. The molecule has 2 aliphatic heterocycles. The zero-order valence-corrected chi connectivity index (χ0v) is 15.2. The molecule has 0 aromatic carbocycles. The van der Waals surface area contributed by atoms with E-state index in [0.717, 1.165) is 16.2 Å². The Labute approximate surface area is 145 Å². The van der Waals surface area contributed by atoms with Gasteiger partial charge in [0.1, 0.15) is 0 Å². The van der Waals surface area contributed by atoms with Gasteiger partial charge in [-0.15, -0.1) is 22.7 Å². The van der Waals surface area contributed by atoms with Crippen molar-refractivity contribution in [1.29, 1.82) is 0 Å². The smallest absolute Gasteiger partial charge is 0.152 e. The van der Waals surface area contributed by atoms with E-state index < -0.39 is 5.60 Å². The minimum atomic E-state index is -0.987. The molecule has 0 amide bonds. The molecule has 0 radical (unpaired) electrons. The van der Waals surface area contributed by atoms with Crippen LogP contribution in [0.15, 0.2) is 46.7 Å². The minimum Gasteiger partial charge on any atom is -0.375 e. The second-order valence-corrected chi connectivity index (χ2v) is 9.06. The summed E-state index contributed by atoms with van der Waals surface area (Å²) in [6.45, 7) is 4.64. The van der Waals surface area contributed by atoms with Crippen LogP contribution in [0.2, 0.25) is 0 Å². The van der Waals surface area contributed by atoms with Gasteiger partial charge in [0.2, 0.25) is 0 Å². The van der Waals surface area contributed by atoms with Crippen molar-refractivity contribution in [2.45, 2.75) is 50.3 Å². The summed E-state index contributed by atoms with van der Waals surface area (Å²) in [5.41, 5.74) is 0.595. The largest absolute Gasteiger partial charge is 0.375 e. The number of hydrogen-bond donors (Lipinski definition) is 2. The van der Waals surface area contributed by atoms with Gasteiger partial charge < -0.3 is 10.4 Å². The molecule has 3 unspecified atom stereocenters. The van der Waals surface area contributed by atoms with E-state index in [1.807, 2.05) is 35.0 Å². The number of hydrogen-bond acceptors (Lipinski definition) is 4. The number of aliphatic hydroxyl groups is 1. The first-order chi connectivity index (χ1) is 11.0. The number of fused-ring (bicyclic) bond motifs is 2. The summed E-state index contributed by atoms with van der Waals surface area (Å²) in [4.78, 5) is 2.02. The Morgan fingerprint density at radius 2 is 1.91 bits per heavy atom. The minimum absolute atomic E-state index is 0.181.